The number of hydrogen-bond acceptors (Lipinski definition) is 6. The van der Waals surface area contributed by atoms with Gasteiger partial charge in [-0.2, -0.15) is 0 Å². The molecule has 2 aromatic heterocycles. The molecule has 1 aliphatic heterocycles. The van der Waals surface area contributed by atoms with Gasteiger partial charge in [-0.05, 0) is 64.2 Å². The van der Waals surface area contributed by atoms with Crippen LogP contribution in [0.25, 0.3) is 11.3 Å². The van der Waals surface area contributed by atoms with Crippen molar-refractivity contribution >= 4 is 23.5 Å². The summed E-state index contributed by atoms with van der Waals surface area (Å²) in [4.78, 5) is 36.0. The van der Waals surface area contributed by atoms with Gasteiger partial charge in [0.2, 0.25) is 11.9 Å². The number of aromatic nitrogens is 3. The van der Waals surface area contributed by atoms with Gasteiger partial charge in [-0.25, -0.2) is 9.97 Å². The maximum absolute atomic E-state index is 12.4. The van der Waals surface area contributed by atoms with Gasteiger partial charge in [0.05, 0.1) is 11.6 Å². The summed E-state index contributed by atoms with van der Waals surface area (Å²) in [5, 5.41) is 9.14. The molecule has 184 valence electrons. The predicted molar refractivity (Wildman–Crippen MR) is 137 cm³/mol. The molecule has 3 heterocycles. The Hall–Kier alpha value is -3.72. The zero-order valence-corrected chi connectivity index (χ0v) is 21.0. The second-order valence-corrected chi connectivity index (χ2v) is 9.17. The Kier molecular flexibility index (Phi) is 7.16. The standard InChI is InChI=1S/C26H33N7O2/c1-16(24(34)27-12-14-32(4)5)19-6-8-20(9-7-19)30-26-29-11-10-21(31-26)22-17(2)23-25(35)28-13-15-33(23)18(22)3/h6-11,16H,12-15H2,1-5H3,(H,27,34)(H,28,35)(H,29,30,31). The number of nitrogens with zero attached hydrogens (tertiary/aromatic N) is 4. The molecule has 9 nitrogen and oxygen atoms in total. The lowest BCUT2D eigenvalue weighted by Crippen LogP contribution is -2.35. The second-order valence-electron chi connectivity index (χ2n) is 9.17. The zero-order valence-electron chi connectivity index (χ0n) is 21.0. The van der Waals surface area contributed by atoms with Gasteiger partial charge >= 0.3 is 0 Å². The van der Waals surface area contributed by atoms with Gasteiger partial charge in [0.15, 0.2) is 0 Å². The van der Waals surface area contributed by atoms with Gasteiger partial charge in [0.1, 0.15) is 5.69 Å². The first-order chi connectivity index (χ1) is 16.8. The monoisotopic (exact) mass is 475 g/mol. The average Bonchev–Trinajstić information content (AvgIpc) is 3.09. The molecular formula is C26H33N7O2. The topological polar surface area (TPSA) is 104 Å². The number of amides is 2. The molecule has 0 saturated heterocycles. The lowest BCUT2D eigenvalue weighted by atomic mass is 10.00. The van der Waals surface area contributed by atoms with Gasteiger partial charge < -0.3 is 25.4 Å². The molecule has 35 heavy (non-hydrogen) atoms. The first-order valence-corrected chi connectivity index (χ1v) is 11.9. The Balaban J connectivity index is 1.48. The molecule has 1 aliphatic rings. The van der Waals surface area contributed by atoms with Crippen molar-refractivity contribution in [1.29, 1.82) is 0 Å². The number of nitrogens with one attached hydrogen (secondary N) is 3. The van der Waals surface area contributed by atoms with Crippen LogP contribution in [0.5, 0.6) is 0 Å². The van der Waals surface area contributed by atoms with E-state index in [0.29, 0.717) is 24.7 Å². The molecule has 0 bridgehead atoms. The van der Waals surface area contributed by atoms with Crippen molar-refractivity contribution in [1.82, 2.24) is 30.1 Å². The lowest BCUT2D eigenvalue weighted by molar-refractivity contribution is -0.122. The molecule has 2 amide bonds. The molecule has 1 unspecified atom stereocenters. The smallest absolute Gasteiger partial charge is 0.268 e. The summed E-state index contributed by atoms with van der Waals surface area (Å²) in [6, 6.07) is 9.60. The van der Waals surface area contributed by atoms with Crippen LogP contribution in [0, 0.1) is 13.8 Å². The third-order valence-electron chi connectivity index (χ3n) is 6.43. The van der Waals surface area contributed by atoms with Crippen LogP contribution in [0.15, 0.2) is 36.5 Å². The Morgan fingerprint density at radius 3 is 2.63 bits per heavy atom. The second kappa shape index (κ2) is 10.3. The van der Waals surface area contributed by atoms with Crippen LogP contribution in [-0.2, 0) is 11.3 Å². The van der Waals surface area contributed by atoms with Gasteiger partial charge in [0.25, 0.3) is 5.91 Å². The SMILES string of the molecule is Cc1c(-c2ccnc(Nc3ccc(C(C)C(=O)NCCN(C)C)cc3)n2)c(C)n2c1C(=O)NCC2. The highest BCUT2D eigenvalue weighted by Crippen LogP contribution is 2.32. The molecule has 1 aromatic carbocycles. The normalized spacial score (nSPS) is 13.8. The minimum Gasteiger partial charge on any atom is -0.354 e. The van der Waals surface area contributed by atoms with Crippen LogP contribution in [0.1, 0.15) is 40.2 Å². The van der Waals surface area contributed by atoms with E-state index in [1.165, 1.54) is 0 Å². The predicted octanol–water partition coefficient (Wildman–Crippen LogP) is 2.83. The van der Waals surface area contributed by atoms with Crippen molar-refractivity contribution in [3.05, 3.63) is 59.0 Å². The van der Waals surface area contributed by atoms with Crippen molar-refractivity contribution < 1.29 is 9.59 Å². The van der Waals surface area contributed by atoms with Crippen LogP contribution in [-0.4, -0.2) is 65.0 Å². The van der Waals surface area contributed by atoms with Gasteiger partial charge in [-0.15, -0.1) is 0 Å². The summed E-state index contributed by atoms with van der Waals surface area (Å²) in [5.74, 6) is 0.196. The number of carbonyl (C=O) groups is 2. The maximum Gasteiger partial charge on any atom is 0.268 e. The molecule has 0 spiro atoms. The van der Waals surface area contributed by atoms with E-state index < -0.39 is 0 Å². The first kappa shape index (κ1) is 24.4. The largest absolute Gasteiger partial charge is 0.354 e. The molecule has 0 saturated carbocycles. The van der Waals surface area contributed by atoms with Crippen molar-refractivity contribution in [3.8, 4) is 11.3 Å². The number of likely N-dealkylation sites (N-methyl/N-ethyl adjacent to an activating group) is 1. The van der Waals surface area contributed by atoms with E-state index in [0.717, 1.165) is 46.9 Å². The molecule has 3 aromatic rings. The van der Waals surface area contributed by atoms with Crippen molar-refractivity contribution in [2.45, 2.75) is 33.2 Å². The number of fused-ring (bicyclic) bond motifs is 1. The van der Waals surface area contributed by atoms with Crippen LogP contribution < -0.4 is 16.0 Å². The Bertz CT molecular complexity index is 1230. The quantitative estimate of drug-likeness (QED) is 0.463. The highest BCUT2D eigenvalue weighted by atomic mass is 16.2. The highest BCUT2D eigenvalue weighted by molar-refractivity contribution is 5.97. The maximum atomic E-state index is 12.4. The Labute approximate surface area is 206 Å². The summed E-state index contributed by atoms with van der Waals surface area (Å²) in [5.41, 5.74) is 6.16. The molecule has 0 radical (unpaired) electrons. The van der Waals surface area contributed by atoms with Gasteiger partial charge in [-0.1, -0.05) is 12.1 Å². The Morgan fingerprint density at radius 2 is 1.94 bits per heavy atom. The fourth-order valence-corrected chi connectivity index (χ4v) is 4.46. The van der Waals surface area contributed by atoms with E-state index in [-0.39, 0.29) is 17.7 Å². The summed E-state index contributed by atoms with van der Waals surface area (Å²) in [6.07, 6.45) is 1.72. The minimum atomic E-state index is -0.241. The third-order valence-corrected chi connectivity index (χ3v) is 6.43. The van der Waals surface area contributed by atoms with Crippen molar-refractivity contribution in [3.63, 3.8) is 0 Å². The van der Waals surface area contributed by atoms with Crippen molar-refractivity contribution in [2.24, 2.45) is 0 Å². The Morgan fingerprint density at radius 1 is 1.20 bits per heavy atom. The third kappa shape index (κ3) is 5.19. The number of anilines is 2. The molecule has 0 fully saturated rings. The van der Waals surface area contributed by atoms with E-state index in [9.17, 15) is 9.59 Å². The van der Waals surface area contributed by atoms with E-state index in [4.69, 9.17) is 4.98 Å². The van der Waals surface area contributed by atoms with Crippen LogP contribution in [0.3, 0.4) is 0 Å². The molecule has 9 heteroatoms. The summed E-state index contributed by atoms with van der Waals surface area (Å²) < 4.78 is 2.06. The number of hydrogen-bond donors (Lipinski definition) is 3. The van der Waals surface area contributed by atoms with E-state index in [1.807, 2.05) is 70.1 Å². The fourth-order valence-electron chi connectivity index (χ4n) is 4.46. The van der Waals surface area contributed by atoms with Crippen LogP contribution in [0.4, 0.5) is 11.6 Å². The molecule has 3 N–H and O–H groups in total. The van der Waals surface area contributed by atoms with Gasteiger partial charge in [0, 0.05) is 49.3 Å². The lowest BCUT2D eigenvalue weighted by Gasteiger charge is -2.17. The van der Waals surface area contributed by atoms with E-state index in [2.05, 4.69) is 25.5 Å². The molecular weight excluding hydrogens is 442 g/mol. The molecule has 4 rings (SSSR count). The fraction of sp³-hybridized carbons (Fsp3) is 0.385. The number of rotatable bonds is 8. The van der Waals surface area contributed by atoms with Crippen molar-refractivity contribution in [2.75, 3.05) is 39.0 Å². The molecule has 0 aliphatic carbocycles. The summed E-state index contributed by atoms with van der Waals surface area (Å²) >= 11 is 0. The highest BCUT2D eigenvalue weighted by Gasteiger charge is 2.26. The summed E-state index contributed by atoms with van der Waals surface area (Å²) in [7, 11) is 3.96. The number of benzene rings is 1. The van der Waals surface area contributed by atoms with E-state index in [1.54, 1.807) is 6.20 Å². The van der Waals surface area contributed by atoms with E-state index >= 15 is 0 Å². The first-order valence-electron chi connectivity index (χ1n) is 11.9. The zero-order chi connectivity index (χ0) is 25.1. The average molecular weight is 476 g/mol. The molecule has 1 atom stereocenters. The van der Waals surface area contributed by atoms with Gasteiger partial charge in [-0.3, -0.25) is 9.59 Å². The van der Waals surface area contributed by atoms with Crippen LogP contribution in [0.2, 0.25) is 0 Å². The minimum absolute atomic E-state index is 0.0123. The van der Waals surface area contributed by atoms with Crippen LogP contribution >= 0.6 is 0 Å². The summed E-state index contributed by atoms with van der Waals surface area (Å²) in [6.45, 7) is 8.70. The number of carbonyl (C=O) groups excluding carboxylic acids is 2.